The molecule has 0 bridgehead atoms. The molecule has 0 amide bonds. The number of hydrogen-bond acceptors (Lipinski definition) is 15. The molecule has 15 nitrogen and oxygen atoms in total. The van der Waals surface area contributed by atoms with E-state index in [-0.39, 0.29) is 5.75 Å². The van der Waals surface area contributed by atoms with Gasteiger partial charge >= 0.3 is 0 Å². The number of nitrogens with one attached hydrogen (secondary N) is 2. The van der Waals surface area contributed by atoms with Crippen LogP contribution in [0.1, 0.15) is 37.1 Å². The predicted molar refractivity (Wildman–Crippen MR) is 259 cm³/mol. The molecule has 2 aliphatic heterocycles. The van der Waals surface area contributed by atoms with E-state index < -0.39 is 30.2 Å². The Labute approximate surface area is 398 Å². The van der Waals surface area contributed by atoms with Crippen molar-refractivity contribution in [1.82, 2.24) is 40.9 Å². The molecule has 68 heavy (non-hydrogen) atoms. The van der Waals surface area contributed by atoms with E-state index in [1.54, 1.807) is 97.3 Å². The van der Waals surface area contributed by atoms with Gasteiger partial charge in [0.25, 0.3) is 0 Å². The van der Waals surface area contributed by atoms with E-state index in [1.165, 1.54) is 0 Å². The minimum absolute atomic E-state index is 0.109. The van der Waals surface area contributed by atoms with Crippen LogP contribution >= 0.6 is 11.6 Å². The van der Waals surface area contributed by atoms with Gasteiger partial charge in [0.2, 0.25) is 0 Å². The maximum Gasteiger partial charge on any atom is 0.187 e. The fourth-order valence-electron chi connectivity index (χ4n) is 8.22. The summed E-state index contributed by atoms with van der Waals surface area (Å²) in [5, 5.41) is 24.5. The molecule has 0 spiro atoms. The predicted octanol–water partition coefficient (Wildman–Crippen LogP) is 8.96. The second kappa shape index (κ2) is 19.9. The van der Waals surface area contributed by atoms with Gasteiger partial charge in [0.1, 0.15) is 28.5 Å². The first-order chi connectivity index (χ1) is 32.9. The molecule has 0 saturated carbocycles. The van der Waals surface area contributed by atoms with E-state index in [9.17, 15) is 21.9 Å². The molecule has 6 heterocycles. The number of phenols is 1. The zero-order valence-corrected chi connectivity index (χ0v) is 39.5. The molecular weight excluding hydrogens is 924 g/mol. The molecule has 0 radical (unpaired) electrons. The van der Waals surface area contributed by atoms with Crippen molar-refractivity contribution >= 4 is 31.3 Å². The quantitative estimate of drug-likeness (QED) is 0.117. The Morgan fingerprint density at radius 3 is 1.47 bits per heavy atom. The minimum Gasteiger partial charge on any atom is -0.507 e. The van der Waals surface area contributed by atoms with Crippen molar-refractivity contribution < 1.29 is 31.0 Å². The highest BCUT2D eigenvalue weighted by Crippen LogP contribution is 2.34. The standard InChI is InChI=1S/C25H23ClN4O3S.C25H24N4O4S/c1-16-25(24-13-22(30-33-24)20-6-2-3-7-21(20)26)29-23(15-28-16)17-8-10-18(11-9-17)34(31,32)19-5-4-12-27-14-19;1-16-25(24-13-21(29-33-24)20-6-2-3-7-23(20)30)28-22(15-27-16)17-8-10-18(11-9-17)34(31,32)19-5-4-12-26-14-19/h2-3,6-11,13,15,19,27H,4-5,12,14H2,1H3;2-3,6-11,13,15,19,26,30H,4-5,12,14H2,1H3. The average molecular weight is 972 g/mol. The third-order valence-corrected chi connectivity index (χ3v) is 16.8. The van der Waals surface area contributed by atoms with Crippen LogP contribution in [0.15, 0.2) is 140 Å². The molecule has 4 aromatic carbocycles. The summed E-state index contributed by atoms with van der Waals surface area (Å²) in [5.74, 6) is 1.01. The van der Waals surface area contributed by atoms with Gasteiger partial charge in [-0.2, -0.15) is 0 Å². The fraction of sp³-hybridized carbons (Fsp3) is 0.240. The van der Waals surface area contributed by atoms with Gasteiger partial charge in [0.15, 0.2) is 31.2 Å². The molecule has 2 aliphatic rings. The smallest absolute Gasteiger partial charge is 0.187 e. The van der Waals surface area contributed by atoms with E-state index in [4.69, 9.17) is 30.6 Å². The lowest BCUT2D eigenvalue weighted by Gasteiger charge is -2.22. The molecule has 4 aromatic heterocycles. The number of nitrogens with zero attached hydrogens (tertiary/aromatic N) is 6. The molecule has 348 valence electrons. The van der Waals surface area contributed by atoms with Gasteiger partial charge in [0, 0.05) is 47.5 Å². The number of phenolic OH excluding ortho intramolecular Hbond substituents is 1. The van der Waals surface area contributed by atoms with Crippen molar-refractivity contribution in [3.8, 4) is 73.7 Å². The summed E-state index contributed by atoms with van der Waals surface area (Å²) >= 11 is 6.29. The molecule has 18 heteroatoms. The lowest BCUT2D eigenvalue weighted by molar-refractivity contribution is 0.431. The Morgan fingerprint density at radius 2 is 1.03 bits per heavy atom. The molecule has 2 atom stereocenters. The number of aryl methyl sites for hydroxylation is 2. The first-order valence-corrected chi connectivity index (χ1v) is 25.6. The third-order valence-electron chi connectivity index (χ3n) is 12.1. The summed E-state index contributed by atoms with van der Waals surface area (Å²) in [4.78, 5) is 19.0. The van der Waals surface area contributed by atoms with Gasteiger partial charge in [0.05, 0.1) is 60.5 Å². The number of aromatic hydroxyl groups is 1. The Morgan fingerprint density at radius 1 is 0.588 bits per heavy atom. The van der Waals surface area contributed by atoms with Crippen LogP contribution in [0.4, 0.5) is 0 Å². The number of piperidine rings is 2. The van der Waals surface area contributed by atoms with Gasteiger partial charge in [-0.05, 0) is 95.1 Å². The summed E-state index contributed by atoms with van der Waals surface area (Å²) in [6.45, 7) is 6.37. The highest BCUT2D eigenvalue weighted by atomic mass is 35.5. The van der Waals surface area contributed by atoms with Gasteiger partial charge in [-0.25, -0.2) is 26.8 Å². The second-order valence-electron chi connectivity index (χ2n) is 16.6. The Bertz CT molecular complexity index is 3080. The number of hydrogen-bond donors (Lipinski definition) is 3. The molecule has 8 aromatic rings. The third kappa shape index (κ3) is 9.84. The summed E-state index contributed by atoms with van der Waals surface area (Å²) in [6, 6.07) is 31.4. The zero-order chi connectivity index (χ0) is 47.4. The fourth-order valence-corrected chi connectivity index (χ4v) is 11.9. The normalized spacial score (nSPS) is 16.5. The topological polar surface area (TPSA) is 216 Å². The summed E-state index contributed by atoms with van der Waals surface area (Å²) in [7, 11) is -6.77. The first kappa shape index (κ1) is 46.5. The van der Waals surface area contributed by atoms with Crippen LogP contribution in [0.5, 0.6) is 5.75 Å². The van der Waals surface area contributed by atoms with E-state index in [2.05, 4.69) is 30.9 Å². The first-order valence-electron chi connectivity index (χ1n) is 22.1. The summed E-state index contributed by atoms with van der Waals surface area (Å²) in [5.41, 5.74) is 7.58. The highest BCUT2D eigenvalue weighted by molar-refractivity contribution is 7.92. The summed E-state index contributed by atoms with van der Waals surface area (Å²) in [6.07, 6.45) is 6.38. The molecule has 3 N–H and O–H groups in total. The number of halogens is 1. The number of aromatic nitrogens is 6. The largest absolute Gasteiger partial charge is 0.507 e. The molecule has 0 aliphatic carbocycles. The van der Waals surface area contributed by atoms with E-state index >= 15 is 0 Å². The lowest BCUT2D eigenvalue weighted by Crippen LogP contribution is -2.38. The average Bonchev–Trinajstić information content (AvgIpc) is 4.07. The van der Waals surface area contributed by atoms with Crippen LogP contribution in [-0.2, 0) is 19.7 Å². The van der Waals surface area contributed by atoms with Crippen molar-refractivity contribution in [2.24, 2.45) is 0 Å². The maximum absolute atomic E-state index is 13.0. The van der Waals surface area contributed by atoms with Crippen molar-refractivity contribution in [3.63, 3.8) is 0 Å². The summed E-state index contributed by atoms with van der Waals surface area (Å²) < 4.78 is 62.9. The Balaban J connectivity index is 0.000000170. The molecule has 10 rings (SSSR count). The Hall–Kier alpha value is -6.63. The van der Waals surface area contributed by atoms with E-state index in [0.29, 0.717) is 103 Å². The molecule has 2 saturated heterocycles. The number of sulfone groups is 2. The van der Waals surface area contributed by atoms with Gasteiger partial charge < -0.3 is 24.8 Å². The van der Waals surface area contributed by atoms with Crippen LogP contribution in [0.3, 0.4) is 0 Å². The number of benzene rings is 4. The molecule has 2 unspecified atom stereocenters. The van der Waals surface area contributed by atoms with Gasteiger partial charge in [-0.1, -0.05) is 76.5 Å². The minimum atomic E-state index is -3.39. The SMILES string of the molecule is Cc1ncc(-c2ccc(S(=O)(=O)C3CCCNC3)cc2)nc1-c1cc(-c2ccccc2Cl)no1.Cc1ncc(-c2ccc(S(=O)(=O)C3CCCNC3)cc2)nc1-c1cc(-c2ccccc2O)no1. The van der Waals surface area contributed by atoms with Gasteiger partial charge in [-0.3, -0.25) is 9.97 Å². The number of para-hydroxylation sites is 1. The van der Waals surface area contributed by atoms with Crippen LogP contribution in [0.2, 0.25) is 5.02 Å². The second-order valence-corrected chi connectivity index (χ2v) is 21.5. The maximum atomic E-state index is 13.0. The van der Waals surface area contributed by atoms with Crippen LogP contribution in [0, 0.1) is 13.8 Å². The van der Waals surface area contributed by atoms with E-state index in [0.717, 1.165) is 42.6 Å². The van der Waals surface area contributed by atoms with Crippen LogP contribution in [0.25, 0.3) is 67.9 Å². The van der Waals surface area contributed by atoms with Crippen molar-refractivity contribution in [2.75, 3.05) is 26.2 Å². The molecule has 2 fully saturated rings. The Kier molecular flexibility index (Phi) is 13.6. The zero-order valence-electron chi connectivity index (χ0n) is 37.1. The van der Waals surface area contributed by atoms with E-state index in [1.807, 2.05) is 38.1 Å². The molecular formula is C50H47ClN8O7S2. The van der Waals surface area contributed by atoms with Crippen molar-refractivity contribution in [2.45, 2.75) is 59.8 Å². The lowest BCUT2D eigenvalue weighted by atomic mass is 10.1. The van der Waals surface area contributed by atoms with Gasteiger partial charge in [-0.15, -0.1) is 0 Å². The van der Waals surface area contributed by atoms with Crippen LogP contribution < -0.4 is 10.6 Å². The monoisotopic (exact) mass is 970 g/mol. The van der Waals surface area contributed by atoms with Crippen molar-refractivity contribution in [1.29, 1.82) is 0 Å². The van der Waals surface area contributed by atoms with Crippen LogP contribution in [-0.4, -0.2) is 88.9 Å². The van der Waals surface area contributed by atoms with Crippen molar-refractivity contribution in [3.05, 3.63) is 138 Å². The highest BCUT2D eigenvalue weighted by Gasteiger charge is 2.30. The number of rotatable bonds is 10.